The summed E-state index contributed by atoms with van der Waals surface area (Å²) in [5, 5.41) is 3.45. The van der Waals surface area contributed by atoms with Crippen LogP contribution in [0.25, 0.3) is 0 Å². The molecule has 0 aromatic carbocycles. The van der Waals surface area contributed by atoms with Crippen molar-refractivity contribution in [1.82, 2.24) is 19.6 Å². The third-order valence-electron chi connectivity index (χ3n) is 4.43. The number of rotatable bonds is 2. The van der Waals surface area contributed by atoms with E-state index in [9.17, 15) is 8.42 Å². The zero-order valence-corrected chi connectivity index (χ0v) is 13.4. The summed E-state index contributed by atoms with van der Waals surface area (Å²) in [5.41, 5.74) is 3.33. The highest BCUT2D eigenvalue weighted by Crippen LogP contribution is 2.31. The van der Waals surface area contributed by atoms with Gasteiger partial charge in [-0.15, -0.1) is 0 Å². The van der Waals surface area contributed by atoms with Gasteiger partial charge in [0.1, 0.15) is 6.33 Å². The first-order valence-corrected chi connectivity index (χ1v) is 9.31. The molecule has 21 heavy (non-hydrogen) atoms. The number of aromatic nitrogens is 2. The van der Waals surface area contributed by atoms with Crippen LogP contribution in [0.15, 0.2) is 6.33 Å². The standard InChI is InChI=1S/C14H22N4O2S/c1-10-6-13-12(7-15-10)14(17-9-16-13)11-4-3-5-18(8-11)21(2,19)20/h9-11,15H,3-8H2,1-2H3/t10-,11-/m1/s1. The molecule has 0 bridgehead atoms. The Morgan fingerprint density at radius 2 is 2.19 bits per heavy atom. The van der Waals surface area contributed by atoms with Gasteiger partial charge in [0.2, 0.25) is 10.0 Å². The maximum atomic E-state index is 11.8. The molecule has 2 aliphatic heterocycles. The number of nitrogens with one attached hydrogen (secondary N) is 1. The van der Waals surface area contributed by atoms with Crippen molar-refractivity contribution in [2.45, 2.75) is 44.7 Å². The van der Waals surface area contributed by atoms with Crippen molar-refractivity contribution in [2.75, 3.05) is 19.3 Å². The second-order valence-corrected chi connectivity index (χ2v) is 8.11. The second kappa shape index (κ2) is 5.62. The number of nitrogens with zero attached hydrogens (tertiary/aromatic N) is 3. The van der Waals surface area contributed by atoms with Crippen LogP contribution in [0.2, 0.25) is 0 Å². The Hall–Kier alpha value is -1.05. The lowest BCUT2D eigenvalue weighted by molar-refractivity contribution is 0.312. The van der Waals surface area contributed by atoms with Gasteiger partial charge >= 0.3 is 0 Å². The second-order valence-electron chi connectivity index (χ2n) is 6.13. The van der Waals surface area contributed by atoms with Crippen molar-refractivity contribution in [3.8, 4) is 0 Å². The van der Waals surface area contributed by atoms with Crippen LogP contribution in [0, 0.1) is 0 Å². The van der Waals surface area contributed by atoms with E-state index in [4.69, 9.17) is 0 Å². The molecule has 1 N–H and O–H groups in total. The lowest BCUT2D eigenvalue weighted by Crippen LogP contribution is -2.40. The Labute approximate surface area is 126 Å². The maximum Gasteiger partial charge on any atom is 0.211 e. The molecule has 2 aliphatic rings. The summed E-state index contributed by atoms with van der Waals surface area (Å²) < 4.78 is 25.1. The molecule has 0 amide bonds. The van der Waals surface area contributed by atoms with Crippen LogP contribution in [0.5, 0.6) is 0 Å². The van der Waals surface area contributed by atoms with E-state index < -0.39 is 10.0 Å². The van der Waals surface area contributed by atoms with Gasteiger partial charge < -0.3 is 5.32 Å². The summed E-state index contributed by atoms with van der Waals surface area (Å²) in [6.07, 6.45) is 5.71. The fourth-order valence-electron chi connectivity index (χ4n) is 3.29. The number of piperidine rings is 1. The third-order valence-corrected chi connectivity index (χ3v) is 5.70. The van der Waals surface area contributed by atoms with Crippen molar-refractivity contribution in [3.05, 3.63) is 23.3 Å². The summed E-state index contributed by atoms with van der Waals surface area (Å²) in [5.74, 6) is 0.181. The Morgan fingerprint density at radius 3 is 2.95 bits per heavy atom. The molecule has 0 unspecified atom stereocenters. The molecule has 3 heterocycles. The van der Waals surface area contributed by atoms with Gasteiger partial charge in [-0.1, -0.05) is 0 Å². The van der Waals surface area contributed by atoms with Crippen molar-refractivity contribution in [1.29, 1.82) is 0 Å². The lowest BCUT2D eigenvalue weighted by atomic mass is 9.89. The van der Waals surface area contributed by atoms with Crippen LogP contribution in [0.4, 0.5) is 0 Å². The van der Waals surface area contributed by atoms with Crippen LogP contribution in [0.3, 0.4) is 0 Å². The molecule has 116 valence electrons. The predicted octanol–water partition coefficient (Wildman–Crippen LogP) is 0.650. The molecule has 0 spiro atoms. The molecule has 0 aliphatic carbocycles. The Morgan fingerprint density at radius 1 is 1.38 bits per heavy atom. The third kappa shape index (κ3) is 3.09. The zero-order chi connectivity index (χ0) is 15.0. The quantitative estimate of drug-likeness (QED) is 0.868. The Balaban J connectivity index is 1.89. The predicted molar refractivity (Wildman–Crippen MR) is 80.4 cm³/mol. The Bertz CT molecular complexity index is 632. The number of fused-ring (bicyclic) bond motifs is 1. The molecule has 0 saturated carbocycles. The van der Waals surface area contributed by atoms with Gasteiger partial charge in [-0.05, 0) is 19.8 Å². The van der Waals surface area contributed by atoms with Gasteiger partial charge in [0, 0.05) is 43.6 Å². The molecule has 1 saturated heterocycles. The van der Waals surface area contributed by atoms with Gasteiger partial charge in [-0.25, -0.2) is 22.7 Å². The van der Waals surface area contributed by atoms with E-state index in [1.165, 1.54) is 11.8 Å². The Kier molecular flexibility index (Phi) is 3.98. The highest BCUT2D eigenvalue weighted by molar-refractivity contribution is 7.88. The van der Waals surface area contributed by atoms with E-state index in [0.29, 0.717) is 19.1 Å². The molecule has 1 aromatic heterocycles. The van der Waals surface area contributed by atoms with Crippen LogP contribution in [-0.4, -0.2) is 48.1 Å². The average Bonchev–Trinajstić information content (AvgIpc) is 2.45. The molecule has 1 aromatic rings. The summed E-state index contributed by atoms with van der Waals surface area (Å²) in [4.78, 5) is 8.89. The summed E-state index contributed by atoms with van der Waals surface area (Å²) in [7, 11) is -3.12. The fourth-order valence-corrected chi connectivity index (χ4v) is 4.20. The largest absolute Gasteiger partial charge is 0.310 e. The number of hydrogen-bond donors (Lipinski definition) is 1. The van der Waals surface area contributed by atoms with E-state index in [1.807, 2.05) is 0 Å². The summed E-state index contributed by atoms with van der Waals surface area (Å²) in [6.45, 7) is 4.09. The van der Waals surface area contributed by atoms with E-state index in [2.05, 4.69) is 22.2 Å². The molecule has 1 fully saturated rings. The fraction of sp³-hybridized carbons (Fsp3) is 0.714. The summed E-state index contributed by atoms with van der Waals surface area (Å²) in [6, 6.07) is 0.430. The number of sulfonamides is 1. The van der Waals surface area contributed by atoms with Crippen LogP contribution < -0.4 is 5.32 Å². The minimum absolute atomic E-state index is 0.181. The monoisotopic (exact) mass is 310 g/mol. The highest BCUT2D eigenvalue weighted by Gasteiger charge is 2.30. The lowest BCUT2D eigenvalue weighted by Gasteiger charge is -2.33. The average molecular weight is 310 g/mol. The molecular weight excluding hydrogens is 288 g/mol. The van der Waals surface area contributed by atoms with Crippen LogP contribution in [0.1, 0.15) is 42.6 Å². The van der Waals surface area contributed by atoms with Gasteiger partial charge in [-0.2, -0.15) is 0 Å². The number of hydrogen-bond acceptors (Lipinski definition) is 5. The maximum absolute atomic E-state index is 11.8. The van der Waals surface area contributed by atoms with Crippen LogP contribution >= 0.6 is 0 Å². The molecule has 7 heteroatoms. The minimum atomic E-state index is -3.12. The van der Waals surface area contributed by atoms with E-state index in [-0.39, 0.29) is 5.92 Å². The normalized spacial score (nSPS) is 27.3. The van der Waals surface area contributed by atoms with Gasteiger partial charge in [0.05, 0.1) is 17.6 Å². The van der Waals surface area contributed by atoms with Crippen molar-refractivity contribution in [3.63, 3.8) is 0 Å². The van der Waals surface area contributed by atoms with E-state index in [0.717, 1.165) is 37.2 Å². The van der Waals surface area contributed by atoms with Crippen LogP contribution in [-0.2, 0) is 23.0 Å². The van der Waals surface area contributed by atoms with Gasteiger partial charge in [-0.3, -0.25) is 0 Å². The molecule has 6 nitrogen and oxygen atoms in total. The topological polar surface area (TPSA) is 75.2 Å². The highest BCUT2D eigenvalue weighted by atomic mass is 32.2. The van der Waals surface area contributed by atoms with E-state index in [1.54, 1.807) is 10.6 Å². The van der Waals surface area contributed by atoms with Gasteiger partial charge in [0.15, 0.2) is 0 Å². The summed E-state index contributed by atoms with van der Waals surface area (Å²) >= 11 is 0. The van der Waals surface area contributed by atoms with Gasteiger partial charge in [0.25, 0.3) is 0 Å². The first kappa shape index (κ1) is 14.9. The minimum Gasteiger partial charge on any atom is -0.310 e. The molecule has 3 rings (SSSR count). The van der Waals surface area contributed by atoms with Crippen molar-refractivity contribution < 1.29 is 8.42 Å². The SMILES string of the molecule is C[C@@H]1Cc2ncnc([C@@H]3CCCN(S(C)(=O)=O)C3)c2CN1. The first-order chi connectivity index (χ1) is 9.95. The zero-order valence-electron chi connectivity index (χ0n) is 12.5. The smallest absolute Gasteiger partial charge is 0.211 e. The molecule has 2 atom stereocenters. The molecular formula is C14H22N4O2S. The van der Waals surface area contributed by atoms with E-state index >= 15 is 0 Å². The molecule has 0 radical (unpaired) electrons. The van der Waals surface area contributed by atoms with Crippen molar-refractivity contribution >= 4 is 10.0 Å². The van der Waals surface area contributed by atoms with Crippen molar-refractivity contribution in [2.24, 2.45) is 0 Å². The first-order valence-electron chi connectivity index (χ1n) is 7.46.